The van der Waals surface area contributed by atoms with Gasteiger partial charge in [-0.15, -0.1) is 0 Å². The molecule has 1 aromatic heterocycles. The molecule has 3 heteroatoms. The molecular formula is C9H10N2O. The summed E-state index contributed by atoms with van der Waals surface area (Å²) in [5.41, 5.74) is 2.07. The van der Waals surface area contributed by atoms with E-state index >= 15 is 0 Å². The number of rotatable bonds is 2. The van der Waals surface area contributed by atoms with Crippen LogP contribution in [0.5, 0.6) is 0 Å². The van der Waals surface area contributed by atoms with Crippen LogP contribution in [-0.4, -0.2) is 11.1 Å². The SMILES string of the molecule is Cc1ccncc1C(C)N=C=O. The number of aliphatic imine (C=N–C) groups is 1. The van der Waals surface area contributed by atoms with Crippen LogP contribution in [0.2, 0.25) is 0 Å². The molecule has 0 spiro atoms. The van der Waals surface area contributed by atoms with Crippen LogP contribution >= 0.6 is 0 Å². The first-order valence-corrected chi connectivity index (χ1v) is 3.73. The molecule has 0 aliphatic carbocycles. The molecule has 12 heavy (non-hydrogen) atoms. The minimum atomic E-state index is -0.142. The minimum absolute atomic E-state index is 0.142. The summed E-state index contributed by atoms with van der Waals surface area (Å²) < 4.78 is 0. The molecule has 0 amide bonds. The molecule has 1 aromatic rings. The van der Waals surface area contributed by atoms with E-state index in [1.807, 2.05) is 19.9 Å². The van der Waals surface area contributed by atoms with Crippen LogP contribution in [0.3, 0.4) is 0 Å². The lowest BCUT2D eigenvalue weighted by atomic mass is 10.1. The molecule has 62 valence electrons. The van der Waals surface area contributed by atoms with Crippen molar-refractivity contribution in [1.29, 1.82) is 0 Å². The molecular weight excluding hydrogens is 152 g/mol. The van der Waals surface area contributed by atoms with E-state index in [0.717, 1.165) is 11.1 Å². The first kappa shape index (κ1) is 8.62. The number of hydrogen-bond donors (Lipinski definition) is 0. The molecule has 0 bridgehead atoms. The predicted molar refractivity (Wildman–Crippen MR) is 45.5 cm³/mol. The molecule has 1 rings (SSSR count). The molecule has 0 radical (unpaired) electrons. The van der Waals surface area contributed by atoms with E-state index in [-0.39, 0.29) is 6.04 Å². The lowest BCUT2D eigenvalue weighted by Gasteiger charge is -2.06. The number of isocyanates is 1. The van der Waals surface area contributed by atoms with Gasteiger partial charge in [-0.05, 0) is 31.0 Å². The molecule has 1 unspecified atom stereocenters. The maximum atomic E-state index is 9.99. The largest absolute Gasteiger partial charge is 0.264 e. The van der Waals surface area contributed by atoms with Crippen LogP contribution in [0.25, 0.3) is 0 Å². The van der Waals surface area contributed by atoms with Gasteiger partial charge in [-0.2, -0.15) is 4.99 Å². The zero-order chi connectivity index (χ0) is 8.97. The summed E-state index contributed by atoms with van der Waals surface area (Å²) in [5.74, 6) is 0. The summed E-state index contributed by atoms with van der Waals surface area (Å²) in [7, 11) is 0. The molecule has 0 saturated carbocycles. The summed E-state index contributed by atoms with van der Waals surface area (Å²) in [6, 6.07) is 1.75. The third-order valence-electron chi connectivity index (χ3n) is 1.78. The Labute approximate surface area is 71.2 Å². The quantitative estimate of drug-likeness (QED) is 0.491. The van der Waals surface area contributed by atoms with Gasteiger partial charge in [0, 0.05) is 12.4 Å². The van der Waals surface area contributed by atoms with Crippen LogP contribution in [-0.2, 0) is 4.79 Å². The van der Waals surface area contributed by atoms with Crippen molar-refractivity contribution in [3.05, 3.63) is 29.6 Å². The van der Waals surface area contributed by atoms with Gasteiger partial charge < -0.3 is 0 Å². The number of nitrogens with zero attached hydrogens (tertiary/aromatic N) is 2. The van der Waals surface area contributed by atoms with Crippen molar-refractivity contribution in [2.45, 2.75) is 19.9 Å². The van der Waals surface area contributed by atoms with Gasteiger partial charge in [-0.1, -0.05) is 0 Å². The van der Waals surface area contributed by atoms with Crippen molar-refractivity contribution in [3.63, 3.8) is 0 Å². The molecule has 1 heterocycles. The van der Waals surface area contributed by atoms with E-state index in [1.165, 1.54) is 0 Å². The van der Waals surface area contributed by atoms with E-state index in [0.29, 0.717) is 0 Å². The van der Waals surface area contributed by atoms with E-state index < -0.39 is 0 Å². The van der Waals surface area contributed by atoms with E-state index in [9.17, 15) is 4.79 Å². The van der Waals surface area contributed by atoms with E-state index in [4.69, 9.17) is 0 Å². The van der Waals surface area contributed by atoms with Crippen LogP contribution in [0.4, 0.5) is 0 Å². The zero-order valence-electron chi connectivity index (χ0n) is 7.11. The second kappa shape index (κ2) is 3.79. The summed E-state index contributed by atoms with van der Waals surface area (Å²) in [4.78, 5) is 17.6. The average molecular weight is 162 g/mol. The Hall–Kier alpha value is -1.47. The molecule has 0 N–H and O–H groups in total. The second-order valence-electron chi connectivity index (χ2n) is 2.63. The van der Waals surface area contributed by atoms with Gasteiger partial charge in [0.1, 0.15) is 0 Å². The van der Waals surface area contributed by atoms with Gasteiger partial charge in [-0.25, -0.2) is 4.79 Å². The van der Waals surface area contributed by atoms with Gasteiger partial charge in [0.25, 0.3) is 0 Å². The number of pyridine rings is 1. The van der Waals surface area contributed by atoms with Crippen molar-refractivity contribution < 1.29 is 4.79 Å². The summed E-state index contributed by atoms with van der Waals surface area (Å²) in [5, 5.41) is 0. The summed E-state index contributed by atoms with van der Waals surface area (Å²) in [6.07, 6.45) is 4.98. The van der Waals surface area contributed by atoms with Crippen LogP contribution in [0.15, 0.2) is 23.5 Å². The van der Waals surface area contributed by atoms with Gasteiger partial charge in [0.05, 0.1) is 6.04 Å². The fourth-order valence-corrected chi connectivity index (χ4v) is 1.06. The Morgan fingerprint density at radius 3 is 3.00 bits per heavy atom. The Bertz CT molecular complexity index is 316. The second-order valence-corrected chi connectivity index (χ2v) is 2.63. The fourth-order valence-electron chi connectivity index (χ4n) is 1.06. The molecule has 0 saturated heterocycles. The maximum absolute atomic E-state index is 9.99. The van der Waals surface area contributed by atoms with Gasteiger partial charge >= 0.3 is 0 Å². The van der Waals surface area contributed by atoms with Crippen molar-refractivity contribution >= 4 is 6.08 Å². The summed E-state index contributed by atoms with van der Waals surface area (Å²) in [6.45, 7) is 3.81. The Morgan fingerprint density at radius 2 is 2.42 bits per heavy atom. The molecule has 0 aliphatic rings. The Kier molecular flexibility index (Phi) is 2.72. The topological polar surface area (TPSA) is 42.3 Å². The van der Waals surface area contributed by atoms with Crippen LogP contribution in [0.1, 0.15) is 24.1 Å². The van der Waals surface area contributed by atoms with Crippen LogP contribution < -0.4 is 0 Å². The Morgan fingerprint density at radius 1 is 1.67 bits per heavy atom. The highest BCUT2D eigenvalue weighted by Gasteiger charge is 2.05. The lowest BCUT2D eigenvalue weighted by Crippen LogP contribution is -1.93. The third kappa shape index (κ3) is 1.77. The average Bonchev–Trinajstić information content (AvgIpc) is 2.05. The van der Waals surface area contributed by atoms with Crippen molar-refractivity contribution in [2.24, 2.45) is 4.99 Å². The highest BCUT2D eigenvalue weighted by molar-refractivity contribution is 5.36. The zero-order valence-corrected chi connectivity index (χ0v) is 7.11. The standard InChI is InChI=1S/C9H10N2O/c1-7-3-4-10-5-9(7)8(2)11-6-12/h3-5,8H,1-2H3. The van der Waals surface area contributed by atoms with Gasteiger partial charge in [0.15, 0.2) is 0 Å². The maximum Gasteiger partial charge on any atom is 0.235 e. The predicted octanol–water partition coefficient (Wildman–Crippen LogP) is 1.79. The highest BCUT2D eigenvalue weighted by Crippen LogP contribution is 2.17. The monoisotopic (exact) mass is 162 g/mol. The first-order chi connectivity index (χ1) is 5.75. The van der Waals surface area contributed by atoms with Crippen molar-refractivity contribution in [2.75, 3.05) is 0 Å². The number of aryl methyl sites for hydroxylation is 1. The van der Waals surface area contributed by atoms with Crippen molar-refractivity contribution in [1.82, 2.24) is 4.98 Å². The number of carbonyl (C=O) groups excluding carboxylic acids is 1. The minimum Gasteiger partial charge on any atom is -0.264 e. The third-order valence-corrected chi connectivity index (χ3v) is 1.78. The number of hydrogen-bond acceptors (Lipinski definition) is 3. The fraction of sp³-hybridized carbons (Fsp3) is 0.333. The number of aromatic nitrogens is 1. The molecule has 0 aromatic carbocycles. The van der Waals surface area contributed by atoms with Gasteiger partial charge in [0.2, 0.25) is 6.08 Å². The molecule has 3 nitrogen and oxygen atoms in total. The smallest absolute Gasteiger partial charge is 0.235 e. The van der Waals surface area contributed by atoms with Crippen molar-refractivity contribution in [3.8, 4) is 0 Å². The molecule has 0 fully saturated rings. The molecule has 0 aliphatic heterocycles. The van der Waals surface area contributed by atoms with Gasteiger partial charge in [-0.3, -0.25) is 4.98 Å². The van der Waals surface area contributed by atoms with E-state index in [2.05, 4.69) is 9.98 Å². The van der Waals surface area contributed by atoms with E-state index in [1.54, 1.807) is 18.5 Å². The summed E-state index contributed by atoms with van der Waals surface area (Å²) >= 11 is 0. The lowest BCUT2D eigenvalue weighted by molar-refractivity contribution is 0.559. The van der Waals surface area contributed by atoms with Crippen LogP contribution in [0, 0.1) is 6.92 Å². The first-order valence-electron chi connectivity index (χ1n) is 3.73. The molecule has 1 atom stereocenters. The Balaban J connectivity index is 3.02. The normalized spacial score (nSPS) is 11.8. The highest BCUT2D eigenvalue weighted by atomic mass is 16.1.